The summed E-state index contributed by atoms with van der Waals surface area (Å²) in [6, 6.07) is 5.22. The summed E-state index contributed by atoms with van der Waals surface area (Å²) in [4.78, 5) is 16.0. The third-order valence-corrected chi connectivity index (χ3v) is 7.07. The Kier molecular flexibility index (Phi) is 5.69. The van der Waals surface area contributed by atoms with E-state index in [1.165, 1.54) is 19.8 Å². The van der Waals surface area contributed by atoms with Crippen molar-refractivity contribution in [3.05, 3.63) is 23.8 Å². The molecule has 1 aromatic rings. The van der Waals surface area contributed by atoms with Gasteiger partial charge in [0.05, 0.1) is 4.90 Å². The average molecular weight is 380 g/mol. The molecule has 1 aromatic carbocycles. The molecule has 6 nitrogen and oxygen atoms in total. The molecule has 0 spiro atoms. The van der Waals surface area contributed by atoms with Gasteiger partial charge in [-0.05, 0) is 69.0 Å². The van der Waals surface area contributed by atoms with Crippen molar-refractivity contribution in [1.29, 1.82) is 0 Å². The molecule has 1 fully saturated rings. The molecule has 7 heteroatoms. The summed E-state index contributed by atoms with van der Waals surface area (Å²) in [6.45, 7) is 8.97. The van der Waals surface area contributed by atoms with E-state index >= 15 is 0 Å². The smallest absolute Gasteiger partial charge is 0.240 e. The molecular weight excluding hydrogens is 350 g/mol. The molecule has 144 valence electrons. The zero-order valence-corrected chi connectivity index (χ0v) is 16.7. The highest BCUT2D eigenvalue weighted by Gasteiger charge is 2.26. The van der Waals surface area contributed by atoms with Crippen LogP contribution in [-0.2, 0) is 21.2 Å². The quantitative estimate of drug-likeness (QED) is 0.849. The maximum Gasteiger partial charge on any atom is 0.240 e. The first-order chi connectivity index (χ1) is 12.3. The number of sulfonamides is 1. The van der Waals surface area contributed by atoms with Gasteiger partial charge in [0.1, 0.15) is 0 Å². The Labute approximate surface area is 156 Å². The van der Waals surface area contributed by atoms with Crippen molar-refractivity contribution in [2.45, 2.75) is 51.0 Å². The number of fused-ring (bicyclic) bond motifs is 1. The number of carbonyl (C=O) groups is 1. The molecule has 2 aliphatic rings. The van der Waals surface area contributed by atoms with Crippen LogP contribution < -0.4 is 9.62 Å². The van der Waals surface area contributed by atoms with Gasteiger partial charge in [-0.3, -0.25) is 9.69 Å². The van der Waals surface area contributed by atoms with Gasteiger partial charge < -0.3 is 4.90 Å². The van der Waals surface area contributed by atoms with Gasteiger partial charge in [0, 0.05) is 31.7 Å². The average Bonchev–Trinajstić information content (AvgIpc) is 3.04. The summed E-state index contributed by atoms with van der Waals surface area (Å²) in [6.07, 6.45) is 3.05. The number of piperidine rings is 1. The number of hydrogen-bond acceptors (Lipinski definition) is 4. The lowest BCUT2D eigenvalue weighted by Gasteiger charge is -2.34. The number of amides is 1. The van der Waals surface area contributed by atoms with E-state index in [1.54, 1.807) is 23.1 Å². The molecule has 0 bridgehead atoms. The van der Waals surface area contributed by atoms with Gasteiger partial charge in [-0.1, -0.05) is 6.92 Å². The maximum absolute atomic E-state index is 12.7. The van der Waals surface area contributed by atoms with Crippen LogP contribution in [0, 0.1) is 5.92 Å². The number of nitrogens with one attached hydrogen (secondary N) is 1. The van der Waals surface area contributed by atoms with Gasteiger partial charge >= 0.3 is 0 Å². The first-order valence-corrected chi connectivity index (χ1v) is 10.9. The van der Waals surface area contributed by atoms with Gasteiger partial charge in [0.25, 0.3) is 0 Å². The summed E-state index contributed by atoms with van der Waals surface area (Å²) in [5, 5.41) is 0. The van der Waals surface area contributed by atoms with Crippen LogP contribution in [0.5, 0.6) is 0 Å². The predicted molar refractivity (Wildman–Crippen MR) is 103 cm³/mol. The SMILES string of the molecule is CC(=O)N1CCc2cc(S(=O)(=O)NCC(C)N3CCC(C)CC3)ccc21. The van der Waals surface area contributed by atoms with E-state index in [0.717, 1.165) is 30.3 Å². The number of benzene rings is 1. The fourth-order valence-corrected chi connectivity index (χ4v) is 4.96. The molecule has 1 unspecified atom stereocenters. The minimum Gasteiger partial charge on any atom is -0.312 e. The fraction of sp³-hybridized carbons (Fsp3) is 0.632. The minimum absolute atomic E-state index is 0.0119. The minimum atomic E-state index is -3.54. The van der Waals surface area contributed by atoms with Crippen LogP contribution >= 0.6 is 0 Å². The van der Waals surface area contributed by atoms with Crippen molar-refractivity contribution in [1.82, 2.24) is 9.62 Å². The second-order valence-electron chi connectivity index (χ2n) is 7.63. The van der Waals surface area contributed by atoms with Crippen molar-refractivity contribution in [2.24, 2.45) is 5.92 Å². The molecule has 26 heavy (non-hydrogen) atoms. The van der Waals surface area contributed by atoms with Crippen molar-refractivity contribution < 1.29 is 13.2 Å². The monoisotopic (exact) mass is 379 g/mol. The van der Waals surface area contributed by atoms with Gasteiger partial charge in [-0.2, -0.15) is 0 Å². The van der Waals surface area contributed by atoms with Crippen LogP contribution in [0.1, 0.15) is 39.2 Å². The molecule has 0 aliphatic carbocycles. The standard InChI is InChI=1S/C19H29N3O3S/c1-14-6-9-21(10-7-14)15(2)13-20-26(24,25)18-4-5-19-17(12-18)8-11-22(19)16(3)23/h4-5,12,14-15,20H,6-11,13H2,1-3H3. The topological polar surface area (TPSA) is 69.7 Å². The highest BCUT2D eigenvalue weighted by atomic mass is 32.2. The Morgan fingerprint density at radius 1 is 1.27 bits per heavy atom. The molecule has 3 rings (SSSR count). The Hall–Kier alpha value is -1.44. The summed E-state index contributed by atoms with van der Waals surface area (Å²) < 4.78 is 28.1. The summed E-state index contributed by atoms with van der Waals surface area (Å²) in [5.41, 5.74) is 1.74. The Morgan fingerprint density at radius 3 is 2.62 bits per heavy atom. The van der Waals surface area contributed by atoms with Crippen LogP contribution in [0.2, 0.25) is 0 Å². The van der Waals surface area contributed by atoms with Gasteiger partial charge in [0.2, 0.25) is 15.9 Å². The molecule has 1 amide bonds. The zero-order chi connectivity index (χ0) is 18.9. The molecule has 0 saturated carbocycles. The van der Waals surface area contributed by atoms with E-state index < -0.39 is 10.0 Å². The molecule has 2 aliphatic heterocycles. The summed E-state index contributed by atoms with van der Waals surface area (Å²) in [7, 11) is -3.54. The molecule has 0 radical (unpaired) electrons. The maximum atomic E-state index is 12.7. The van der Waals surface area contributed by atoms with Crippen molar-refractivity contribution in [3.63, 3.8) is 0 Å². The number of rotatable bonds is 5. The lowest BCUT2D eigenvalue weighted by Crippen LogP contribution is -2.45. The van der Waals surface area contributed by atoms with Crippen molar-refractivity contribution in [3.8, 4) is 0 Å². The van der Waals surface area contributed by atoms with E-state index in [-0.39, 0.29) is 16.8 Å². The van der Waals surface area contributed by atoms with Crippen LogP contribution in [0.15, 0.2) is 23.1 Å². The predicted octanol–water partition coefficient (Wildman–Crippen LogP) is 1.99. The number of carbonyl (C=O) groups excluding carboxylic acids is 1. The molecule has 1 saturated heterocycles. The second kappa shape index (κ2) is 7.66. The van der Waals surface area contributed by atoms with Crippen molar-refractivity contribution in [2.75, 3.05) is 31.1 Å². The van der Waals surface area contributed by atoms with Gasteiger partial charge in [-0.25, -0.2) is 13.1 Å². The van der Waals surface area contributed by atoms with Gasteiger partial charge in [0.15, 0.2) is 0 Å². The molecule has 0 aromatic heterocycles. The second-order valence-corrected chi connectivity index (χ2v) is 9.40. The number of anilines is 1. The number of likely N-dealkylation sites (tertiary alicyclic amines) is 1. The molecular formula is C19H29N3O3S. The first kappa shape index (κ1) is 19.3. The van der Waals surface area contributed by atoms with E-state index in [9.17, 15) is 13.2 Å². The number of hydrogen-bond donors (Lipinski definition) is 1. The van der Waals surface area contributed by atoms with Crippen molar-refractivity contribution >= 4 is 21.6 Å². The van der Waals surface area contributed by atoms with E-state index in [2.05, 4.69) is 23.5 Å². The van der Waals surface area contributed by atoms with E-state index in [4.69, 9.17) is 0 Å². The van der Waals surface area contributed by atoms with Crippen LogP contribution in [0.25, 0.3) is 0 Å². The zero-order valence-electron chi connectivity index (χ0n) is 15.9. The lowest BCUT2D eigenvalue weighted by atomic mass is 9.98. The highest BCUT2D eigenvalue weighted by molar-refractivity contribution is 7.89. The normalized spacial score (nSPS) is 20.2. The highest BCUT2D eigenvalue weighted by Crippen LogP contribution is 2.30. The summed E-state index contributed by atoms with van der Waals surface area (Å²) in [5.74, 6) is 0.748. The summed E-state index contributed by atoms with van der Waals surface area (Å²) >= 11 is 0. The first-order valence-electron chi connectivity index (χ1n) is 9.42. The Balaban J connectivity index is 1.64. The Bertz CT molecular complexity index is 770. The lowest BCUT2D eigenvalue weighted by molar-refractivity contribution is -0.116. The van der Waals surface area contributed by atoms with Crippen LogP contribution in [0.4, 0.5) is 5.69 Å². The fourth-order valence-electron chi connectivity index (χ4n) is 3.78. The number of nitrogens with zero attached hydrogens (tertiary/aromatic N) is 2. The van der Waals surface area contributed by atoms with Crippen LogP contribution in [-0.4, -0.2) is 51.4 Å². The molecule has 1 N–H and O–H groups in total. The van der Waals surface area contributed by atoms with Gasteiger partial charge in [-0.15, -0.1) is 0 Å². The van der Waals surface area contributed by atoms with Crippen LogP contribution in [0.3, 0.4) is 0 Å². The third-order valence-electron chi connectivity index (χ3n) is 5.65. The van der Waals surface area contributed by atoms with E-state index in [0.29, 0.717) is 19.5 Å². The molecule has 1 atom stereocenters. The Morgan fingerprint density at radius 2 is 1.96 bits per heavy atom. The molecule has 2 heterocycles. The third kappa shape index (κ3) is 4.10. The van der Waals surface area contributed by atoms with E-state index in [1.807, 2.05) is 0 Å². The largest absolute Gasteiger partial charge is 0.312 e.